The van der Waals surface area contributed by atoms with Crippen molar-refractivity contribution in [3.63, 3.8) is 0 Å². The lowest BCUT2D eigenvalue weighted by atomic mass is 10.2. The number of anilines is 2. The summed E-state index contributed by atoms with van der Waals surface area (Å²) in [6.45, 7) is 0. The largest absolute Gasteiger partial charge is 0.397 e. The lowest BCUT2D eigenvalue weighted by molar-refractivity contribution is 0.103. The van der Waals surface area contributed by atoms with E-state index in [1.807, 2.05) is 24.3 Å². The number of nitrogens with two attached hydrogens (primary N) is 1. The standard InChI is InChI=1S/C15H10BrClN2OS/c16-10-7-8(17)5-6-11(10)19-15(20)14-13(18)9-3-1-2-4-12(9)21-14/h1-7H,18H2,(H,19,20). The average molecular weight is 382 g/mol. The molecule has 0 atom stereocenters. The number of carbonyl (C=O) groups is 1. The molecule has 0 spiro atoms. The van der Waals surface area contributed by atoms with Gasteiger partial charge in [0.2, 0.25) is 0 Å². The fraction of sp³-hybridized carbons (Fsp3) is 0. The topological polar surface area (TPSA) is 55.1 Å². The second-order valence-electron chi connectivity index (χ2n) is 4.42. The molecule has 1 heterocycles. The molecule has 3 nitrogen and oxygen atoms in total. The van der Waals surface area contributed by atoms with Gasteiger partial charge in [0, 0.05) is 19.6 Å². The summed E-state index contributed by atoms with van der Waals surface area (Å²) in [4.78, 5) is 12.9. The zero-order chi connectivity index (χ0) is 15.0. The molecule has 3 rings (SSSR count). The van der Waals surface area contributed by atoms with Crippen LogP contribution in [-0.2, 0) is 0 Å². The molecule has 3 N–H and O–H groups in total. The van der Waals surface area contributed by atoms with Gasteiger partial charge in [-0.1, -0.05) is 29.8 Å². The minimum Gasteiger partial charge on any atom is -0.397 e. The zero-order valence-corrected chi connectivity index (χ0v) is 13.8. The first kappa shape index (κ1) is 14.4. The van der Waals surface area contributed by atoms with Gasteiger partial charge >= 0.3 is 0 Å². The first-order chi connectivity index (χ1) is 10.1. The Labute approximate surface area is 138 Å². The smallest absolute Gasteiger partial charge is 0.267 e. The number of thiophene rings is 1. The molecule has 6 heteroatoms. The normalized spacial score (nSPS) is 10.8. The van der Waals surface area contributed by atoms with E-state index in [-0.39, 0.29) is 5.91 Å². The number of hydrogen-bond donors (Lipinski definition) is 2. The second kappa shape index (κ2) is 5.67. The monoisotopic (exact) mass is 380 g/mol. The Morgan fingerprint density at radius 2 is 2.00 bits per heavy atom. The Morgan fingerprint density at radius 1 is 1.24 bits per heavy atom. The highest BCUT2D eigenvalue weighted by molar-refractivity contribution is 9.10. The van der Waals surface area contributed by atoms with Crippen LogP contribution >= 0.6 is 38.9 Å². The molecule has 0 fully saturated rings. The quantitative estimate of drug-likeness (QED) is 0.645. The predicted molar refractivity (Wildman–Crippen MR) is 93.3 cm³/mol. The van der Waals surface area contributed by atoms with Gasteiger partial charge in [0.25, 0.3) is 5.91 Å². The van der Waals surface area contributed by atoms with Gasteiger partial charge in [0.15, 0.2) is 0 Å². The van der Waals surface area contributed by atoms with Crippen molar-refractivity contribution in [3.05, 3.63) is 56.8 Å². The highest BCUT2D eigenvalue weighted by Crippen LogP contribution is 2.34. The zero-order valence-electron chi connectivity index (χ0n) is 10.7. The maximum absolute atomic E-state index is 12.4. The number of nitrogen functional groups attached to an aromatic ring is 1. The fourth-order valence-electron chi connectivity index (χ4n) is 2.00. The van der Waals surface area contributed by atoms with Crippen molar-refractivity contribution in [3.8, 4) is 0 Å². The molecule has 21 heavy (non-hydrogen) atoms. The molecule has 0 saturated carbocycles. The minimum absolute atomic E-state index is 0.225. The van der Waals surface area contributed by atoms with E-state index in [1.165, 1.54) is 11.3 Å². The first-order valence-electron chi connectivity index (χ1n) is 6.09. The van der Waals surface area contributed by atoms with Crippen LogP contribution < -0.4 is 11.1 Å². The molecule has 0 aliphatic carbocycles. The predicted octanol–water partition coefficient (Wildman–Crippen LogP) is 5.15. The second-order valence-corrected chi connectivity index (χ2v) is 6.76. The molecule has 106 valence electrons. The molecule has 0 radical (unpaired) electrons. The summed E-state index contributed by atoms with van der Waals surface area (Å²) >= 11 is 10.6. The molecule has 2 aromatic carbocycles. The summed E-state index contributed by atoms with van der Waals surface area (Å²) in [5.74, 6) is -0.225. The third-order valence-electron chi connectivity index (χ3n) is 3.02. The minimum atomic E-state index is -0.225. The highest BCUT2D eigenvalue weighted by atomic mass is 79.9. The number of hydrogen-bond acceptors (Lipinski definition) is 3. The van der Waals surface area contributed by atoms with Crippen LogP contribution in [0, 0.1) is 0 Å². The van der Waals surface area contributed by atoms with E-state index in [0.717, 1.165) is 14.6 Å². The average Bonchev–Trinajstić information content (AvgIpc) is 2.80. The fourth-order valence-corrected chi connectivity index (χ4v) is 3.80. The summed E-state index contributed by atoms with van der Waals surface area (Å²) in [5.41, 5.74) is 7.24. The van der Waals surface area contributed by atoms with Gasteiger partial charge in [-0.3, -0.25) is 4.79 Å². The van der Waals surface area contributed by atoms with Gasteiger partial charge in [-0.2, -0.15) is 0 Å². The van der Waals surface area contributed by atoms with Crippen LogP contribution in [0.4, 0.5) is 11.4 Å². The summed E-state index contributed by atoms with van der Waals surface area (Å²) in [6.07, 6.45) is 0. The number of nitrogens with one attached hydrogen (secondary N) is 1. The van der Waals surface area contributed by atoms with E-state index in [2.05, 4.69) is 21.2 Å². The maximum Gasteiger partial charge on any atom is 0.267 e. The summed E-state index contributed by atoms with van der Waals surface area (Å²) in [7, 11) is 0. The van der Waals surface area contributed by atoms with Crippen molar-refractivity contribution < 1.29 is 4.79 Å². The van der Waals surface area contributed by atoms with Gasteiger partial charge in [0.1, 0.15) is 4.88 Å². The van der Waals surface area contributed by atoms with Gasteiger partial charge in [-0.05, 0) is 40.2 Å². The van der Waals surface area contributed by atoms with Crippen molar-refractivity contribution in [2.75, 3.05) is 11.1 Å². The Hall–Kier alpha value is -1.56. The molecule has 1 aromatic heterocycles. The molecule has 0 bridgehead atoms. The van der Waals surface area contributed by atoms with Crippen LogP contribution in [0.25, 0.3) is 10.1 Å². The van der Waals surface area contributed by atoms with Crippen molar-refractivity contribution in [1.82, 2.24) is 0 Å². The van der Waals surface area contributed by atoms with Crippen LogP contribution in [0.3, 0.4) is 0 Å². The number of amides is 1. The highest BCUT2D eigenvalue weighted by Gasteiger charge is 2.17. The lowest BCUT2D eigenvalue weighted by Gasteiger charge is -2.07. The van der Waals surface area contributed by atoms with Crippen molar-refractivity contribution >= 4 is 66.2 Å². The van der Waals surface area contributed by atoms with E-state index in [4.69, 9.17) is 17.3 Å². The summed E-state index contributed by atoms with van der Waals surface area (Å²) < 4.78 is 1.72. The first-order valence-corrected chi connectivity index (χ1v) is 8.08. The van der Waals surface area contributed by atoms with E-state index in [1.54, 1.807) is 18.2 Å². The summed E-state index contributed by atoms with van der Waals surface area (Å²) in [5, 5.41) is 4.35. The molecular formula is C15H10BrClN2OS. The molecule has 0 unspecified atom stereocenters. The van der Waals surface area contributed by atoms with Crippen LogP contribution in [0.2, 0.25) is 5.02 Å². The van der Waals surface area contributed by atoms with E-state index >= 15 is 0 Å². The van der Waals surface area contributed by atoms with E-state index < -0.39 is 0 Å². The van der Waals surface area contributed by atoms with Gasteiger partial charge in [-0.15, -0.1) is 11.3 Å². The van der Waals surface area contributed by atoms with Crippen LogP contribution in [0.15, 0.2) is 46.9 Å². The van der Waals surface area contributed by atoms with E-state index in [9.17, 15) is 4.79 Å². The lowest BCUT2D eigenvalue weighted by Crippen LogP contribution is -2.12. The van der Waals surface area contributed by atoms with Crippen LogP contribution in [0.1, 0.15) is 9.67 Å². The van der Waals surface area contributed by atoms with Gasteiger partial charge in [-0.25, -0.2) is 0 Å². The van der Waals surface area contributed by atoms with Crippen LogP contribution in [0.5, 0.6) is 0 Å². The summed E-state index contributed by atoms with van der Waals surface area (Å²) in [6, 6.07) is 12.9. The Balaban J connectivity index is 1.95. The van der Waals surface area contributed by atoms with Crippen molar-refractivity contribution in [1.29, 1.82) is 0 Å². The SMILES string of the molecule is Nc1c(C(=O)Nc2ccc(Cl)cc2Br)sc2ccccc12. The molecule has 0 saturated heterocycles. The third-order valence-corrected chi connectivity index (χ3v) is 5.10. The Bertz CT molecular complexity index is 847. The van der Waals surface area contributed by atoms with Gasteiger partial charge < -0.3 is 11.1 Å². The number of rotatable bonds is 2. The van der Waals surface area contributed by atoms with E-state index in [0.29, 0.717) is 21.3 Å². The molecule has 1 amide bonds. The molecular weight excluding hydrogens is 372 g/mol. The number of carbonyl (C=O) groups excluding carboxylic acids is 1. The maximum atomic E-state index is 12.4. The number of fused-ring (bicyclic) bond motifs is 1. The van der Waals surface area contributed by atoms with Crippen molar-refractivity contribution in [2.45, 2.75) is 0 Å². The number of benzene rings is 2. The molecule has 0 aliphatic heterocycles. The third kappa shape index (κ3) is 2.77. The Morgan fingerprint density at radius 3 is 2.71 bits per heavy atom. The van der Waals surface area contributed by atoms with Gasteiger partial charge in [0.05, 0.1) is 11.4 Å². The Kier molecular flexibility index (Phi) is 3.89. The molecule has 0 aliphatic rings. The van der Waals surface area contributed by atoms with Crippen molar-refractivity contribution in [2.24, 2.45) is 0 Å². The number of halogens is 2. The van der Waals surface area contributed by atoms with Crippen LogP contribution in [-0.4, -0.2) is 5.91 Å². The molecule has 3 aromatic rings.